The van der Waals surface area contributed by atoms with Crippen LogP contribution in [0, 0.1) is 0 Å². The first-order chi connectivity index (χ1) is 10.2. The van der Waals surface area contributed by atoms with Crippen LogP contribution >= 0.6 is 0 Å². The minimum absolute atomic E-state index is 0.199. The van der Waals surface area contributed by atoms with E-state index in [1.807, 2.05) is 19.4 Å². The van der Waals surface area contributed by atoms with Crippen molar-refractivity contribution in [1.82, 2.24) is 14.5 Å². The molecule has 0 spiro atoms. The van der Waals surface area contributed by atoms with Gasteiger partial charge in [0.15, 0.2) is 0 Å². The van der Waals surface area contributed by atoms with E-state index in [4.69, 9.17) is 0 Å². The Kier molecular flexibility index (Phi) is 4.25. The lowest BCUT2D eigenvalue weighted by atomic mass is 10.1. The standard InChI is InChI=1S/C17H24N4/c1-14(17-18-9-12-20(17)2)19-16-8-4-3-7-15(16)13-21-10-5-6-11-21/h3-4,7-9,12,14,19H,5-6,10-11,13H2,1-2H3. The van der Waals surface area contributed by atoms with E-state index in [0.29, 0.717) is 0 Å². The SMILES string of the molecule is CC(Nc1ccccc1CN1CCCC1)c1nccn1C. The van der Waals surface area contributed by atoms with Gasteiger partial charge in [-0.15, -0.1) is 0 Å². The van der Waals surface area contributed by atoms with E-state index in [1.54, 1.807) is 0 Å². The molecule has 1 saturated heterocycles. The molecule has 112 valence electrons. The average Bonchev–Trinajstić information content (AvgIpc) is 3.12. The third kappa shape index (κ3) is 3.27. The van der Waals surface area contributed by atoms with Crippen LogP contribution in [0.15, 0.2) is 36.7 Å². The maximum absolute atomic E-state index is 4.43. The Morgan fingerprint density at radius 3 is 2.71 bits per heavy atom. The molecule has 1 fully saturated rings. The summed E-state index contributed by atoms with van der Waals surface area (Å²) in [6.07, 6.45) is 6.51. The number of para-hydroxylation sites is 1. The minimum Gasteiger partial charge on any atom is -0.375 e. The minimum atomic E-state index is 0.199. The Labute approximate surface area is 126 Å². The van der Waals surface area contributed by atoms with E-state index in [-0.39, 0.29) is 6.04 Å². The summed E-state index contributed by atoms with van der Waals surface area (Å²) in [5.41, 5.74) is 2.60. The van der Waals surface area contributed by atoms with Crippen LogP contribution in [0.4, 0.5) is 5.69 Å². The fourth-order valence-electron chi connectivity index (χ4n) is 3.07. The van der Waals surface area contributed by atoms with Crippen molar-refractivity contribution in [1.29, 1.82) is 0 Å². The van der Waals surface area contributed by atoms with E-state index in [1.165, 1.54) is 37.2 Å². The highest BCUT2D eigenvalue weighted by Gasteiger charge is 2.15. The van der Waals surface area contributed by atoms with Crippen LogP contribution < -0.4 is 5.32 Å². The van der Waals surface area contributed by atoms with E-state index in [0.717, 1.165) is 12.4 Å². The van der Waals surface area contributed by atoms with E-state index in [9.17, 15) is 0 Å². The number of imidazole rings is 1. The van der Waals surface area contributed by atoms with Crippen molar-refractivity contribution in [3.63, 3.8) is 0 Å². The average molecular weight is 284 g/mol. The lowest BCUT2D eigenvalue weighted by Crippen LogP contribution is -2.20. The van der Waals surface area contributed by atoms with Gasteiger partial charge in [-0.1, -0.05) is 18.2 Å². The molecule has 4 nitrogen and oxygen atoms in total. The van der Waals surface area contributed by atoms with Gasteiger partial charge in [0, 0.05) is 31.7 Å². The summed E-state index contributed by atoms with van der Waals surface area (Å²) in [4.78, 5) is 6.97. The quantitative estimate of drug-likeness (QED) is 0.915. The van der Waals surface area contributed by atoms with Gasteiger partial charge in [-0.25, -0.2) is 4.98 Å². The molecule has 3 rings (SSSR count). The zero-order valence-electron chi connectivity index (χ0n) is 12.9. The normalized spacial score (nSPS) is 17.0. The fourth-order valence-corrected chi connectivity index (χ4v) is 3.07. The van der Waals surface area contributed by atoms with Crippen molar-refractivity contribution < 1.29 is 0 Å². The van der Waals surface area contributed by atoms with Crippen LogP contribution in [0.3, 0.4) is 0 Å². The largest absolute Gasteiger partial charge is 0.375 e. The number of rotatable bonds is 5. The topological polar surface area (TPSA) is 33.1 Å². The van der Waals surface area contributed by atoms with Crippen LogP contribution in [0.5, 0.6) is 0 Å². The van der Waals surface area contributed by atoms with E-state index >= 15 is 0 Å². The zero-order chi connectivity index (χ0) is 14.7. The Bertz CT molecular complexity index is 584. The summed E-state index contributed by atoms with van der Waals surface area (Å²) >= 11 is 0. The maximum Gasteiger partial charge on any atom is 0.130 e. The summed E-state index contributed by atoms with van der Waals surface area (Å²) < 4.78 is 2.07. The van der Waals surface area contributed by atoms with Crippen LogP contribution in [0.1, 0.15) is 37.2 Å². The fraction of sp³-hybridized carbons (Fsp3) is 0.471. The molecule has 0 saturated carbocycles. The van der Waals surface area contributed by atoms with Crippen molar-refractivity contribution >= 4 is 5.69 Å². The smallest absolute Gasteiger partial charge is 0.130 e. The number of benzene rings is 1. The Morgan fingerprint density at radius 2 is 2.00 bits per heavy atom. The molecule has 1 aliphatic heterocycles. The molecule has 1 atom stereocenters. The summed E-state index contributed by atoms with van der Waals surface area (Å²) in [5.74, 6) is 1.06. The molecule has 1 N–H and O–H groups in total. The lowest BCUT2D eigenvalue weighted by Gasteiger charge is -2.21. The Balaban J connectivity index is 1.74. The number of nitrogens with one attached hydrogen (secondary N) is 1. The molecule has 1 aromatic carbocycles. The predicted octanol–water partition coefficient (Wildman–Crippen LogP) is 3.19. The number of anilines is 1. The van der Waals surface area contributed by atoms with Gasteiger partial charge in [0.2, 0.25) is 0 Å². The molecule has 21 heavy (non-hydrogen) atoms. The molecule has 0 aliphatic carbocycles. The third-order valence-corrected chi connectivity index (χ3v) is 4.23. The van der Waals surface area contributed by atoms with Gasteiger partial charge in [-0.2, -0.15) is 0 Å². The molecule has 4 heteroatoms. The van der Waals surface area contributed by atoms with Crippen molar-refractivity contribution in [2.45, 2.75) is 32.4 Å². The molecule has 0 amide bonds. The first-order valence-electron chi connectivity index (χ1n) is 7.78. The monoisotopic (exact) mass is 284 g/mol. The van der Waals surface area contributed by atoms with Gasteiger partial charge < -0.3 is 9.88 Å². The first kappa shape index (κ1) is 14.1. The number of aryl methyl sites for hydroxylation is 1. The summed E-state index contributed by atoms with van der Waals surface area (Å²) in [7, 11) is 2.04. The second kappa shape index (κ2) is 6.31. The highest BCUT2D eigenvalue weighted by molar-refractivity contribution is 5.52. The first-order valence-corrected chi connectivity index (χ1v) is 7.78. The third-order valence-electron chi connectivity index (χ3n) is 4.23. The highest BCUT2D eigenvalue weighted by Crippen LogP contribution is 2.23. The molecular weight excluding hydrogens is 260 g/mol. The van der Waals surface area contributed by atoms with Gasteiger partial charge in [-0.3, -0.25) is 4.90 Å². The number of hydrogen-bond donors (Lipinski definition) is 1. The highest BCUT2D eigenvalue weighted by atomic mass is 15.1. The molecular formula is C17H24N4. The van der Waals surface area contributed by atoms with Gasteiger partial charge in [0.1, 0.15) is 5.82 Å². The Morgan fingerprint density at radius 1 is 1.24 bits per heavy atom. The second-order valence-corrected chi connectivity index (χ2v) is 5.90. The van der Waals surface area contributed by atoms with Crippen molar-refractivity contribution in [2.75, 3.05) is 18.4 Å². The van der Waals surface area contributed by atoms with E-state index in [2.05, 4.69) is 51.0 Å². The number of aromatic nitrogens is 2. The zero-order valence-corrected chi connectivity index (χ0v) is 12.9. The molecule has 2 heterocycles. The van der Waals surface area contributed by atoms with Crippen LogP contribution in [0.2, 0.25) is 0 Å². The Hall–Kier alpha value is -1.81. The van der Waals surface area contributed by atoms with Gasteiger partial charge in [0.25, 0.3) is 0 Å². The summed E-state index contributed by atoms with van der Waals surface area (Å²) in [6, 6.07) is 8.82. The van der Waals surface area contributed by atoms with Crippen LogP contribution in [-0.4, -0.2) is 27.5 Å². The van der Waals surface area contributed by atoms with E-state index < -0.39 is 0 Å². The van der Waals surface area contributed by atoms with Gasteiger partial charge in [-0.05, 0) is 44.5 Å². The van der Waals surface area contributed by atoms with Crippen LogP contribution in [-0.2, 0) is 13.6 Å². The van der Waals surface area contributed by atoms with Crippen molar-refractivity contribution in [3.05, 3.63) is 48.0 Å². The summed E-state index contributed by atoms with van der Waals surface area (Å²) in [5, 5.41) is 3.62. The molecule has 1 aliphatic rings. The number of hydrogen-bond acceptors (Lipinski definition) is 3. The van der Waals surface area contributed by atoms with Gasteiger partial charge >= 0.3 is 0 Å². The van der Waals surface area contributed by atoms with Crippen LogP contribution in [0.25, 0.3) is 0 Å². The maximum atomic E-state index is 4.43. The number of likely N-dealkylation sites (tertiary alicyclic amines) is 1. The van der Waals surface area contributed by atoms with Crippen molar-refractivity contribution in [3.8, 4) is 0 Å². The predicted molar refractivity (Wildman–Crippen MR) is 86.2 cm³/mol. The lowest BCUT2D eigenvalue weighted by molar-refractivity contribution is 0.332. The molecule has 0 bridgehead atoms. The molecule has 1 aromatic heterocycles. The number of nitrogens with zero attached hydrogens (tertiary/aromatic N) is 3. The molecule has 1 unspecified atom stereocenters. The molecule has 0 radical (unpaired) electrons. The van der Waals surface area contributed by atoms with Gasteiger partial charge in [0.05, 0.1) is 6.04 Å². The van der Waals surface area contributed by atoms with Crippen molar-refractivity contribution in [2.24, 2.45) is 7.05 Å². The second-order valence-electron chi connectivity index (χ2n) is 5.90. The molecule has 2 aromatic rings. The summed E-state index contributed by atoms with van der Waals surface area (Å²) in [6.45, 7) is 5.65.